The van der Waals surface area contributed by atoms with Gasteiger partial charge in [0.1, 0.15) is 35.4 Å². The molecule has 0 bridgehead atoms. The van der Waals surface area contributed by atoms with Gasteiger partial charge in [0.2, 0.25) is 5.91 Å². The van der Waals surface area contributed by atoms with E-state index < -0.39 is 5.54 Å². The number of carbonyl (C=O) groups is 2. The highest BCUT2D eigenvalue weighted by atomic mass is 16.2. The van der Waals surface area contributed by atoms with Gasteiger partial charge in [-0.25, -0.2) is 24.9 Å². The van der Waals surface area contributed by atoms with Gasteiger partial charge in [-0.1, -0.05) is 19.9 Å². The van der Waals surface area contributed by atoms with E-state index in [-0.39, 0.29) is 23.9 Å². The van der Waals surface area contributed by atoms with Crippen molar-refractivity contribution in [3.8, 4) is 11.3 Å². The van der Waals surface area contributed by atoms with Crippen LogP contribution < -0.4 is 15.5 Å². The lowest BCUT2D eigenvalue weighted by atomic mass is 9.86. The molecule has 3 aromatic rings. The molecule has 7 rings (SSSR count). The number of amidine groups is 1. The van der Waals surface area contributed by atoms with E-state index in [4.69, 9.17) is 0 Å². The number of benzene rings is 1. The SMILES string of the molecule is C=NC(C)=NC.CC.CCN1c2ncnc(-c3ccc4c(c3)C3(CCCN3C(=O)C3CC3)C(=O)N4)c2NC1c1cnc(C)nc1. The molecule has 0 radical (unpaired) electrons. The predicted molar refractivity (Wildman–Crippen MR) is 178 cm³/mol. The van der Waals surface area contributed by atoms with Gasteiger partial charge in [-0.15, -0.1) is 0 Å². The second-order valence-electron chi connectivity index (χ2n) is 11.2. The number of anilines is 3. The Labute approximate surface area is 264 Å². The zero-order valence-corrected chi connectivity index (χ0v) is 27.0. The smallest absolute Gasteiger partial charge is 0.255 e. The van der Waals surface area contributed by atoms with Crippen LogP contribution in [0.5, 0.6) is 0 Å². The average molecular weight is 611 g/mol. The summed E-state index contributed by atoms with van der Waals surface area (Å²) in [7, 11) is 1.68. The molecule has 1 spiro atoms. The van der Waals surface area contributed by atoms with Crippen molar-refractivity contribution in [2.24, 2.45) is 15.9 Å². The van der Waals surface area contributed by atoms with Crippen LogP contribution in [0.1, 0.15) is 76.5 Å². The van der Waals surface area contributed by atoms with Gasteiger partial charge in [-0.3, -0.25) is 14.6 Å². The average Bonchev–Trinajstić information content (AvgIpc) is 3.62. The van der Waals surface area contributed by atoms with Crippen molar-refractivity contribution in [1.82, 2.24) is 24.8 Å². The van der Waals surface area contributed by atoms with Crippen LogP contribution in [-0.4, -0.2) is 69.3 Å². The maximum Gasteiger partial charge on any atom is 0.255 e. The molecule has 2 aromatic heterocycles. The number of likely N-dealkylation sites (tertiary alicyclic amines) is 1. The largest absolute Gasteiger partial charge is 0.357 e. The molecule has 12 heteroatoms. The van der Waals surface area contributed by atoms with E-state index >= 15 is 0 Å². The molecule has 45 heavy (non-hydrogen) atoms. The number of nitrogens with one attached hydrogen (secondary N) is 2. The molecule has 2 N–H and O–H groups in total. The van der Waals surface area contributed by atoms with Gasteiger partial charge in [0.05, 0.1) is 5.69 Å². The maximum atomic E-state index is 13.4. The molecular formula is C33H42N10O2. The standard InChI is InChI=1S/C27H28N8O2.C4H8N2.C2H6/c1-3-34-23(18-12-28-15(2)29-13-18)33-22-21(30-14-31-24(22)34)17-7-8-20-19(11-17)27(26(37)32-20)9-4-10-35(27)25(36)16-5-6-16;1-4(5-2)6-3;1-2/h7-8,11-14,16,23,33H,3-6,9-10H2,1-2H3,(H,32,37);2H2,1,3H3;1-2H3. The Morgan fingerprint density at radius 1 is 1.16 bits per heavy atom. The molecule has 4 aliphatic rings. The van der Waals surface area contributed by atoms with Crippen LogP contribution in [0.15, 0.2) is 46.9 Å². The first-order valence-electron chi connectivity index (χ1n) is 15.7. The zero-order valence-electron chi connectivity index (χ0n) is 27.0. The van der Waals surface area contributed by atoms with Gasteiger partial charge >= 0.3 is 0 Å². The molecule has 1 aliphatic carbocycles. The summed E-state index contributed by atoms with van der Waals surface area (Å²) >= 11 is 0. The number of nitrogens with zero attached hydrogens (tertiary/aromatic N) is 8. The van der Waals surface area contributed by atoms with Crippen molar-refractivity contribution in [2.75, 3.05) is 35.7 Å². The number of hydrogen-bond acceptors (Lipinski definition) is 9. The van der Waals surface area contributed by atoms with Crippen molar-refractivity contribution in [2.45, 2.75) is 72.0 Å². The summed E-state index contributed by atoms with van der Waals surface area (Å²) in [4.78, 5) is 55.8. The molecule has 2 amide bonds. The fourth-order valence-electron chi connectivity index (χ4n) is 6.17. The minimum Gasteiger partial charge on any atom is -0.357 e. The Hall–Kier alpha value is -4.74. The van der Waals surface area contributed by atoms with Crippen LogP contribution in [0.25, 0.3) is 11.3 Å². The Morgan fingerprint density at radius 2 is 1.89 bits per heavy atom. The lowest BCUT2D eigenvalue weighted by Crippen LogP contribution is -2.50. The maximum absolute atomic E-state index is 13.4. The van der Waals surface area contributed by atoms with Crippen molar-refractivity contribution >= 4 is 41.6 Å². The third kappa shape index (κ3) is 5.65. The van der Waals surface area contributed by atoms with Gasteiger partial charge < -0.3 is 20.4 Å². The minimum absolute atomic E-state index is 0.0621. The molecule has 2 fully saturated rings. The van der Waals surface area contributed by atoms with Gasteiger partial charge in [-0.2, -0.15) is 0 Å². The summed E-state index contributed by atoms with van der Waals surface area (Å²) in [5.74, 6) is 2.33. The van der Waals surface area contributed by atoms with Crippen LogP contribution in [0.2, 0.25) is 0 Å². The molecule has 1 saturated heterocycles. The van der Waals surface area contributed by atoms with Crippen LogP contribution in [-0.2, 0) is 15.1 Å². The third-order valence-corrected chi connectivity index (χ3v) is 8.64. The zero-order chi connectivity index (χ0) is 32.3. The van der Waals surface area contributed by atoms with Gasteiger partial charge in [0.25, 0.3) is 5.91 Å². The summed E-state index contributed by atoms with van der Waals surface area (Å²) in [5.41, 5.74) is 4.11. The molecule has 2 unspecified atom stereocenters. The molecular weight excluding hydrogens is 568 g/mol. The van der Waals surface area contributed by atoms with Crippen LogP contribution >= 0.6 is 0 Å². The van der Waals surface area contributed by atoms with E-state index in [0.717, 1.165) is 77.0 Å². The molecule has 12 nitrogen and oxygen atoms in total. The number of rotatable bonds is 4. The summed E-state index contributed by atoms with van der Waals surface area (Å²) < 4.78 is 0. The van der Waals surface area contributed by atoms with Crippen LogP contribution in [0.3, 0.4) is 0 Å². The second kappa shape index (κ2) is 13.1. The number of amides is 2. The van der Waals surface area contributed by atoms with Gasteiger partial charge in [0, 0.05) is 60.8 Å². The van der Waals surface area contributed by atoms with Gasteiger partial charge in [0.15, 0.2) is 5.82 Å². The van der Waals surface area contributed by atoms with E-state index in [2.05, 4.69) is 59.1 Å². The summed E-state index contributed by atoms with van der Waals surface area (Å²) in [6, 6.07) is 5.94. The first-order valence-corrected chi connectivity index (χ1v) is 15.7. The lowest BCUT2D eigenvalue weighted by Gasteiger charge is -2.33. The Balaban J connectivity index is 0.000000451. The fourth-order valence-corrected chi connectivity index (χ4v) is 6.17. The fraction of sp³-hybridized carbons (Fsp3) is 0.455. The highest BCUT2D eigenvalue weighted by Crippen LogP contribution is 2.51. The molecule has 2 atom stereocenters. The van der Waals surface area contributed by atoms with Crippen molar-refractivity contribution in [3.63, 3.8) is 0 Å². The minimum atomic E-state index is -0.939. The number of fused-ring (bicyclic) bond motifs is 3. The summed E-state index contributed by atoms with van der Waals surface area (Å²) in [6.45, 7) is 14.4. The number of aromatic nitrogens is 4. The molecule has 3 aliphatic heterocycles. The normalized spacial score (nSPS) is 21.2. The van der Waals surface area contributed by atoms with Crippen molar-refractivity contribution in [3.05, 3.63) is 53.9 Å². The van der Waals surface area contributed by atoms with Crippen LogP contribution in [0, 0.1) is 12.8 Å². The number of aryl methyl sites for hydroxylation is 1. The summed E-state index contributed by atoms with van der Waals surface area (Å²) in [5, 5.41) is 6.65. The quantitative estimate of drug-likeness (QED) is 0.306. The number of aliphatic imine (C=N–C) groups is 2. The molecule has 1 saturated carbocycles. The first kappa shape index (κ1) is 31.7. The molecule has 1 aromatic carbocycles. The molecule has 236 valence electrons. The highest BCUT2D eigenvalue weighted by molar-refractivity contribution is 6.09. The monoisotopic (exact) mass is 610 g/mol. The van der Waals surface area contributed by atoms with Crippen LogP contribution in [0.4, 0.5) is 17.2 Å². The summed E-state index contributed by atoms with van der Waals surface area (Å²) in [6.07, 6.45) is 8.37. The second-order valence-corrected chi connectivity index (χ2v) is 11.2. The van der Waals surface area contributed by atoms with E-state index in [1.54, 1.807) is 20.3 Å². The van der Waals surface area contributed by atoms with E-state index in [1.807, 2.05) is 56.3 Å². The Morgan fingerprint density at radius 3 is 2.51 bits per heavy atom. The third-order valence-electron chi connectivity index (χ3n) is 8.64. The van der Waals surface area contributed by atoms with E-state index in [9.17, 15) is 9.59 Å². The van der Waals surface area contributed by atoms with E-state index in [0.29, 0.717) is 13.0 Å². The number of hydrogen-bond donors (Lipinski definition) is 2. The van der Waals surface area contributed by atoms with Crippen molar-refractivity contribution in [1.29, 1.82) is 0 Å². The first-order chi connectivity index (χ1) is 21.8. The Bertz CT molecular complexity index is 1620. The Kier molecular flexibility index (Phi) is 9.21. The van der Waals surface area contributed by atoms with Gasteiger partial charge in [-0.05, 0) is 65.3 Å². The van der Waals surface area contributed by atoms with Crippen molar-refractivity contribution < 1.29 is 9.59 Å². The lowest BCUT2D eigenvalue weighted by molar-refractivity contribution is -0.143. The van der Waals surface area contributed by atoms with E-state index in [1.165, 1.54) is 0 Å². The number of carbonyl (C=O) groups excluding carboxylic acids is 2. The predicted octanol–water partition coefficient (Wildman–Crippen LogP) is 5.13. The topological polar surface area (TPSA) is 141 Å². The highest BCUT2D eigenvalue weighted by Gasteiger charge is 2.57. The molecule has 5 heterocycles.